The van der Waals surface area contributed by atoms with Crippen LogP contribution in [0.5, 0.6) is 11.5 Å². The molecule has 1 amide bonds. The largest absolute Gasteiger partial charge is 0.493 e. The number of aryl methyl sites for hydroxylation is 2. The summed E-state index contributed by atoms with van der Waals surface area (Å²) in [5.41, 5.74) is 2.81. The molecular weight excluding hydrogens is 322 g/mol. The first kappa shape index (κ1) is 18.3. The van der Waals surface area contributed by atoms with Crippen molar-refractivity contribution in [1.29, 1.82) is 0 Å². The summed E-state index contributed by atoms with van der Waals surface area (Å²) >= 11 is 0. The Morgan fingerprint density at radius 3 is 2.40 bits per heavy atom. The molecule has 0 spiro atoms. The lowest BCUT2D eigenvalue weighted by molar-refractivity contribution is -0.139. The number of anilines is 1. The van der Waals surface area contributed by atoms with Crippen LogP contribution in [0.25, 0.3) is 0 Å². The van der Waals surface area contributed by atoms with E-state index in [1.807, 2.05) is 32.0 Å². The molecule has 2 aromatic carbocycles. The Balaban J connectivity index is 1.77. The summed E-state index contributed by atoms with van der Waals surface area (Å²) in [6.45, 7) is 3.87. The topological polar surface area (TPSA) is 84.9 Å². The summed E-state index contributed by atoms with van der Waals surface area (Å²) < 4.78 is 10.7. The first-order valence-corrected chi connectivity index (χ1v) is 7.88. The maximum Gasteiger partial charge on any atom is 0.341 e. The van der Waals surface area contributed by atoms with Crippen LogP contribution in [0.1, 0.15) is 17.5 Å². The highest BCUT2D eigenvalue weighted by Crippen LogP contribution is 2.19. The number of amides is 1. The Morgan fingerprint density at radius 2 is 1.76 bits per heavy atom. The van der Waals surface area contributed by atoms with Gasteiger partial charge in [0, 0.05) is 5.69 Å². The van der Waals surface area contributed by atoms with Gasteiger partial charge in [0.25, 0.3) is 0 Å². The predicted octanol–water partition coefficient (Wildman–Crippen LogP) is 3.17. The molecule has 2 aromatic rings. The maximum absolute atomic E-state index is 11.9. The molecule has 6 heteroatoms. The van der Waals surface area contributed by atoms with Crippen molar-refractivity contribution < 1.29 is 24.2 Å². The van der Waals surface area contributed by atoms with E-state index in [-0.39, 0.29) is 18.9 Å². The summed E-state index contributed by atoms with van der Waals surface area (Å²) in [5.74, 6) is 0.00192. The predicted molar refractivity (Wildman–Crippen MR) is 94.2 cm³/mol. The number of hydrogen-bond acceptors (Lipinski definition) is 4. The number of carbonyl (C=O) groups excluding carboxylic acids is 1. The van der Waals surface area contributed by atoms with Gasteiger partial charge in [-0.3, -0.25) is 4.79 Å². The van der Waals surface area contributed by atoms with Gasteiger partial charge in [0.1, 0.15) is 11.5 Å². The van der Waals surface area contributed by atoms with E-state index in [1.165, 1.54) is 5.56 Å². The number of carboxylic acids is 1. The monoisotopic (exact) mass is 343 g/mol. The van der Waals surface area contributed by atoms with E-state index in [4.69, 9.17) is 14.6 Å². The molecule has 132 valence electrons. The second-order valence-corrected chi connectivity index (χ2v) is 5.62. The zero-order valence-corrected chi connectivity index (χ0v) is 14.2. The SMILES string of the molecule is Cc1ccc(OCCC(=O)Nc2ccc(OCC(=O)O)cc2)c(C)c1. The smallest absolute Gasteiger partial charge is 0.341 e. The van der Waals surface area contributed by atoms with E-state index in [2.05, 4.69) is 5.32 Å². The van der Waals surface area contributed by atoms with Gasteiger partial charge in [0.15, 0.2) is 6.61 Å². The van der Waals surface area contributed by atoms with Crippen LogP contribution in [0.3, 0.4) is 0 Å². The molecule has 0 fully saturated rings. The second kappa shape index (κ2) is 8.73. The number of aliphatic carboxylic acids is 1. The molecule has 0 radical (unpaired) electrons. The number of benzene rings is 2. The van der Waals surface area contributed by atoms with Gasteiger partial charge in [-0.2, -0.15) is 0 Å². The molecule has 0 aliphatic carbocycles. The summed E-state index contributed by atoms with van der Waals surface area (Å²) in [7, 11) is 0. The molecule has 0 aliphatic rings. The van der Waals surface area contributed by atoms with Crippen molar-refractivity contribution in [2.75, 3.05) is 18.5 Å². The molecule has 0 bridgehead atoms. The summed E-state index contributed by atoms with van der Waals surface area (Å²) in [6, 6.07) is 12.4. The number of nitrogens with one attached hydrogen (secondary N) is 1. The minimum atomic E-state index is -1.04. The van der Waals surface area contributed by atoms with Crippen LogP contribution >= 0.6 is 0 Å². The quantitative estimate of drug-likeness (QED) is 0.769. The van der Waals surface area contributed by atoms with Crippen molar-refractivity contribution in [3.63, 3.8) is 0 Å². The van der Waals surface area contributed by atoms with Gasteiger partial charge in [0.2, 0.25) is 5.91 Å². The van der Waals surface area contributed by atoms with Crippen molar-refractivity contribution in [3.05, 3.63) is 53.6 Å². The molecule has 6 nitrogen and oxygen atoms in total. The van der Waals surface area contributed by atoms with Crippen LogP contribution in [0.15, 0.2) is 42.5 Å². The highest BCUT2D eigenvalue weighted by molar-refractivity contribution is 5.90. The minimum Gasteiger partial charge on any atom is -0.493 e. The third kappa shape index (κ3) is 6.18. The Morgan fingerprint density at radius 1 is 1.04 bits per heavy atom. The van der Waals surface area contributed by atoms with Crippen molar-refractivity contribution in [2.45, 2.75) is 20.3 Å². The summed E-state index contributed by atoms with van der Waals surface area (Å²) in [5, 5.41) is 11.3. The Kier molecular flexibility index (Phi) is 6.39. The van der Waals surface area contributed by atoms with Crippen LogP contribution in [0, 0.1) is 13.8 Å². The number of carbonyl (C=O) groups is 2. The van der Waals surface area contributed by atoms with Crippen molar-refractivity contribution >= 4 is 17.6 Å². The van der Waals surface area contributed by atoms with Crippen LogP contribution in [-0.2, 0) is 9.59 Å². The van der Waals surface area contributed by atoms with Gasteiger partial charge in [-0.05, 0) is 49.7 Å². The first-order chi connectivity index (χ1) is 11.9. The average Bonchev–Trinajstić information content (AvgIpc) is 2.56. The fourth-order valence-corrected chi connectivity index (χ4v) is 2.22. The molecule has 0 unspecified atom stereocenters. The molecule has 2 N–H and O–H groups in total. The molecule has 0 saturated carbocycles. The van der Waals surface area contributed by atoms with Gasteiger partial charge >= 0.3 is 5.97 Å². The number of rotatable bonds is 8. The van der Waals surface area contributed by atoms with Crippen molar-refractivity contribution in [2.24, 2.45) is 0 Å². The van der Waals surface area contributed by atoms with E-state index < -0.39 is 12.6 Å². The number of hydrogen-bond donors (Lipinski definition) is 2. The van der Waals surface area contributed by atoms with Gasteiger partial charge in [-0.25, -0.2) is 4.79 Å². The highest BCUT2D eigenvalue weighted by Gasteiger charge is 2.05. The molecule has 0 saturated heterocycles. The Labute approximate surface area is 146 Å². The van der Waals surface area contributed by atoms with Crippen LogP contribution < -0.4 is 14.8 Å². The molecular formula is C19H21NO5. The molecule has 2 rings (SSSR count). The van der Waals surface area contributed by atoms with E-state index >= 15 is 0 Å². The first-order valence-electron chi connectivity index (χ1n) is 7.88. The van der Waals surface area contributed by atoms with Crippen LogP contribution in [-0.4, -0.2) is 30.2 Å². The van der Waals surface area contributed by atoms with Crippen LogP contribution in [0.2, 0.25) is 0 Å². The maximum atomic E-state index is 11.9. The summed E-state index contributed by atoms with van der Waals surface area (Å²) in [6.07, 6.45) is 0.227. The minimum absolute atomic E-state index is 0.163. The molecule has 0 aromatic heterocycles. The zero-order valence-electron chi connectivity index (χ0n) is 14.2. The van der Waals surface area contributed by atoms with Gasteiger partial charge in [0.05, 0.1) is 13.0 Å². The highest BCUT2D eigenvalue weighted by atomic mass is 16.5. The van der Waals surface area contributed by atoms with Gasteiger partial charge < -0.3 is 19.9 Å². The molecule has 0 aliphatic heterocycles. The van der Waals surface area contributed by atoms with E-state index in [9.17, 15) is 9.59 Å². The lowest BCUT2D eigenvalue weighted by Crippen LogP contribution is -2.15. The summed E-state index contributed by atoms with van der Waals surface area (Å²) in [4.78, 5) is 22.4. The van der Waals surface area contributed by atoms with Crippen molar-refractivity contribution in [1.82, 2.24) is 0 Å². The fourth-order valence-electron chi connectivity index (χ4n) is 2.22. The van der Waals surface area contributed by atoms with E-state index in [0.29, 0.717) is 11.4 Å². The number of ether oxygens (including phenoxy) is 2. The second-order valence-electron chi connectivity index (χ2n) is 5.62. The standard InChI is InChI=1S/C19H21NO5/c1-13-3-8-17(14(2)11-13)24-10-9-18(21)20-15-4-6-16(7-5-15)25-12-19(22)23/h3-8,11H,9-10,12H2,1-2H3,(H,20,21)(H,22,23). The van der Waals surface area contributed by atoms with Gasteiger partial charge in [-0.15, -0.1) is 0 Å². The fraction of sp³-hybridized carbons (Fsp3) is 0.263. The molecule has 25 heavy (non-hydrogen) atoms. The lowest BCUT2D eigenvalue weighted by atomic mass is 10.1. The van der Waals surface area contributed by atoms with Gasteiger partial charge in [-0.1, -0.05) is 17.7 Å². The molecule has 0 heterocycles. The Bertz CT molecular complexity index is 740. The van der Waals surface area contributed by atoms with Crippen molar-refractivity contribution in [3.8, 4) is 11.5 Å². The third-order valence-electron chi connectivity index (χ3n) is 3.42. The average molecular weight is 343 g/mol. The number of carboxylic acid groups (broad SMARTS) is 1. The normalized spacial score (nSPS) is 10.2. The van der Waals surface area contributed by atoms with E-state index in [1.54, 1.807) is 24.3 Å². The zero-order chi connectivity index (χ0) is 18.2. The van der Waals surface area contributed by atoms with Crippen LogP contribution in [0.4, 0.5) is 5.69 Å². The third-order valence-corrected chi connectivity index (χ3v) is 3.42. The molecule has 0 atom stereocenters. The van der Waals surface area contributed by atoms with E-state index in [0.717, 1.165) is 11.3 Å². The lowest BCUT2D eigenvalue weighted by Gasteiger charge is -2.10. The Hall–Kier alpha value is -3.02.